The molecular formula is C15H15BrFN5O4. The van der Waals surface area contributed by atoms with Gasteiger partial charge in [0.2, 0.25) is 5.91 Å². The second kappa shape index (κ2) is 8.34. The van der Waals surface area contributed by atoms with Crippen LogP contribution in [-0.2, 0) is 16.0 Å². The molecule has 0 radical (unpaired) electrons. The number of aliphatic imine (C=N–C) groups is 1. The molecule has 138 valence electrons. The van der Waals surface area contributed by atoms with Crippen LogP contribution < -0.4 is 10.8 Å². The lowest BCUT2D eigenvalue weighted by atomic mass is 10.2. The molecule has 0 bridgehead atoms. The van der Waals surface area contributed by atoms with E-state index in [2.05, 4.69) is 41.2 Å². The zero-order chi connectivity index (χ0) is 18.5. The Hall–Kier alpha value is -2.37. The maximum absolute atomic E-state index is 13.3. The topological polar surface area (TPSA) is 122 Å². The molecule has 26 heavy (non-hydrogen) atoms. The Morgan fingerprint density at radius 2 is 2.31 bits per heavy atom. The molecule has 2 aromatic rings. The number of hydroxylamine groups is 1. The van der Waals surface area contributed by atoms with Gasteiger partial charge in [-0.3, -0.25) is 15.5 Å². The Kier molecular flexibility index (Phi) is 5.91. The monoisotopic (exact) mass is 427 g/mol. The number of amides is 1. The van der Waals surface area contributed by atoms with Gasteiger partial charge in [-0.05, 0) is 45.7 Å². The second-order valence-electron chi connectivity index (χ2n) is 5.53. The molecule has 3 rings (SSSR count). The van der Waals surface area contributed by atoms with Crippen LogP contribution in [0.4, 0.5) is 10.1 Å². The summed E-state index contributed by atoms with van der Waals surface area (Å²) in [6.07, 6.45) is 0.642. The van der Waals surface area contributed by atoms with E-state index in [1.165, 1.54) is 18.2 Å². The molecule has 0 saturated carbocycles. The molecule has 2 heterocycles. The summed E-state index contributed by atoms with van der Waals surface area (Å²) in [4.78, 5) is 16.3. The first-order chi connectivity index (χ1) is 12.6. The van der Waals surface area contributed by atoms with Gasteiger partial charge in [-0.25, -0.2) is 14.0 Å². The Labute approximate surface area is 155 Å². The molecular weight excluding hydrogens is 413 g/mol. The van der Waals surface area contributed by atoms with Gasteiger partial charge in [0.1, 0.15) is 11.5 Å². The summed E-state index contributed by atoms with van der Waals surface area (Å²) in [5, 5.41) is 19.6. The standard InChI is InChI=1S/C15H15BrFN5O4/c16-10-5-8(1-2-11(10)17)19-15(20-24)14-12(21-26-22-14)6-13(23)18-9-3-4-25-7-9/h1-2,5,9,24H,3-4,6-7H2,(H,18,23)(H,19,20). The average Bonchev–Trinajstić information content (AvgIpc) is 3.28. The first-order valence-electron chi connectivity index (χ1n) is 7.69. The van der Waals surface area contributed by atoms with Gasteiger partial charge in [-0.15, -0.1) is 0 Å². The van der Waals surface area contributed by atoms with Crippen molar-refractivity contribution in [3.8, 4) is 0 Å². The lowest BCUT2D eigenvalue weighted by Gasteiger charge is -2.09. The number of rotatable bonds is 5. The van der Waals surface area contributed by atoms with Crippen molar-refractivity contribution in [3.05, 3.63) is 39.9 Å². The van der Waals surface area contributed by atoms with E-state index >= 15 is 0 Å². The van der Waals surface area contributed by atoms with Crippen LogP contribution in [0.5, 0.6) is 0 Å². The van der Waals surface area contributed by atoms with E-state index in [1.54, 1.807) is 0 Å². The van der Waals surface area contributed by atoms with Crippen molar-refractivity contribution >= 4 is 33.4 Å². The summed E-state index contributed by atoms with van der Waals surface area (Å²) in [5.74, 6) is -0.810. The summed E-state index contributed by atoms with van der Waals surface area (Å²) < 4.78 is 23.4. The molecule has 1 unspecified atom stereocenters. The van der Waals surface area contributed by atoms with Gasteiger partial charge in [0.05, 0.1) is 29.2 Å². The quantitative estimate of drug-likeness (QED) is 0.375. The SMILES string of the molecule is O=C(Cc1nonc1C(=Nc1ccc(F)c(Br)c1)NO)NC1CCOC1. The van der Waals surface area contributed by atoms with E-state index in [4.69, 9.17) is 4.74 Å². The maximum atomic E-state index is 13.3. The maximum Gasteiger partial charge on any atom is 0.226 e. The fourth-order valence-electron chi connectivity index (χ4n) is 2.40. The molecule has 3 N–H and O–H groups in total. The highest BCUT2D eigenvalue weighted by Crippen LogP contribution is 2.22. The molecule has 1 saturated heterocycles. The molecule has 1 amide bonds. The highest BCUT2D eigenvalue weighted by Gasteiger charge is 2.22. The average molecular weight is 428 g/mol. The van der Waals surface area contributed by atoms with Crippen molar-refractivity contribution in [2.24, 2.45) is 4.99 Å². The summed E-state index contributed by atoms with van der Waals surface area (Å²) in [6, 6.07) is 4.02. The molecule has 1 atom stereocenters. The number of halogens is 2. The molecule has 1 aromatic carbocycles. The number of hydrogen-bond acceptors (Lipinski definition) is 7. The van der Waals surface area contributed by atoms with Crippen LogP contribution in [0, 0.1) is 5.82 Å². The number of nitrogens with one attached hydrogen (secondary N) is 2. The van der Waals surface area contributed by atoms with Crippen LogP contribution in [0.15, 0.2) is 32.3 Å². The van der Waals surface area contributed by atoms with Crippen molar-refractivity contribution in [1.29, 1.82) is 0 Å². The van der Waals surface area contributed by atoms with Crippen molar-refractivity contribution in [1.82, 2.24) is 21.1 Å². The molecule has 9 nitrogen and oxygen atoms in total. The zero-order valence-electron chi connectivity index (χ0n) is 13.4. The van der Waals surface area contributed by atoms with Gasteiger partial charge in [0.25, 0.3) is 0 Å². The van der Waals surface area contributed by atoms with Crippen molar-refractivity contribution in [2.75, 3.05) is 13.2 Å². The number of amidine groups is 1. The van der Waals surface area contributed by atoms with Crippen molar-refractivity contribution in [3.63, 3.8) is 0 Å². The van der Waals surface area contributed by atoms with E-state index in [9.17, 15) is 14.4 Å². The van der Waals surface area contributed by atoms with Gasteiger partial charge in [-0.2, -0.15) is 0 Å². The number of carbonyl (C=O) groups excluding carboxylic acids is 1. The fourth-order valence-corrected chi connectivity index (χ4v) is 2.76. The minimum absolute atomic E-state index is 0.0357. The molecule has 11 heteroatoms. The van der Waals surface area contributed by atoms with Gasteiger partial charge < -0.3 is 10.1 Å². The van der Waals surface area contributed by atoms with Crippen LogP contribution in [0.25, 0.3) is 0 Å². The minimum atomic E-state index is -0.446. The van der Waals surface area contributed by atoms with Crippen LogP contribution >= 0.6 is 15.9 Å². The van der Waals surface area contributed by atoms with E-state index in [1.807, 2.05) is 5.48 Å². The molecule has 1 aromatic heterocycles. The van der Waals surface area contributed by atoms with Gasteiger partial charge in [-0.1, -0.05) is 5.16 Å². The molecule has 1 fully saturated rings. The number of carbonyl (C=O) groups is 1. The molecule has 0 spiro atoms. The van der Waals surface area contributed by atoms with Crippen LogP contribution in [0.1, 0.15) is 17.8 Å². The summed E-state index contributed by atoms with van der Waals surface area (Å²) >= 11 is 3.06. The van der Waals surface area contributed by atoms with Crippen molar-refractivity contribution in [2.45, 2.75) is 18.9 Å². The van der Waals surface area contributed by atoms with E-state index in [-0.39, 0.29) is 40.1 Å². The Balaban J connectivity index is 1.77. The number of nitrogens with zero attached hydrogens (tertiary/aromatic N) is 3. The second-order valence-corrected chi connectivity index (χ2v) is 6.39. The number of aromatic nitrogens is 2. The highest BCUT2D eigenvalue weighted by molar-refractivity contribution is 9.10. The number of benzene rings is 1. The highest BCUT2D eigenvalue weighted by atomic mass is 79.9. The predicted molar refractivity (Wildman–Crippen MR) is 90.6 cm³/mol. The first kappa shape index (κ1) is 18.4. The minimum Gasteiger partial charge on any atom is -0.379 e. The van der Waals surface area contributed by atoms with Crippen LogP contribution in [0.2, 0.25) is 0 Å². The Morgan fingerprint density at radius 1 is 1.46 bits per heavy atom. The third kappa shape index (κ3) is 4.42. The lowest BCUT2D eigenvalue weighted by Crippen LogP contribution is -2.36. The predicted octanol–water partition coefficient (Wildman–Crippen LogP) is 1.48. The number of ether oxygens (including phenoxy) is 1. The van der Waals surface area contributed by atoms with Crippen molar-refractivity contribution < 1.29 is 23.8 Å². The summed E-state index contributed by atoms with van der Waals surface area (Å²) in [5.41, 5.74) is 2.52. The fraction of sp³-hybridized carbons (Fsp3) is 0.333. The third-order valence-electron chi connectivity index (χ3n) is 3.65. The largest absolute Gasteiger partial charge is 0.379 e. The Morgan fingerprint density at radius 3 is 3.00 bits per heavy atom. The molecule has 1 aliphatic rings. The molecule has 1 aliphatic heterocycles. The van der Waals surface area contributed by atoms with Gasteiger partial charge >= 0.3 is 0 Å². The first-order valence-corrected chi connectivity index (χ1v) is 8.49. The van der Waals surface area contributed by atoms with Crippen LogP contribution in [0.3, 0.4) is 0 Å². The smallest absolute Gasteiger partial charge is 0.226 e. The summed E-state index contributed by atoms with van der Waals surface area (Å²) in [6.45, 7) is 1.08. The normalized spacial score (nSPS) is 17.3. The lowest BCUT2D eigenvalue weighted by molar-refractivity contribution is -0.121. The summed E-state index contributed by atoms with van der Waals surface area (Å²) in [7, 11) is 0. The third-order valence-corrected chi connectivity index (χ3v) is 4.26. The molecule has 0 aliphatic carbocycles. The number of hydrogen-bond donors (Lipinski definition) is 3. The van der Waals surface area contributed by atoms with E-state index < -0.39 is 5.82 Å². The Bertz CT molecular complexity index is 822. The van der Waals surface area contributed by atoms with Gasteiger partial charge in [0.15, 0.2) is 11.5 Å². The van der Waals surface area contributed by atoms with Gasteiger partial charge in [0, 0.05) is 6.61 Å². The van der Waals surface area contributed by atoms with Crippen LogP contribution in [-0.4, -0.2) is 46.5 Å². The van der Waals surface area contributed by atoms with E-state index in [0.29, 0.717) is 18.9 Å². The zero-order valence-corrected chi connectivity index (χ0v) is 15.0. The van der Waals surface area contributed by atoms with E-state index in [0.717, 1.165) is 6.42 Å².